The van der Waals surface area contributed by atoms with Crippen molar-refractivity contribution in [1.29, 1.82) is 0 Å². The highest BCUT2D eigenvalue weighted by atomic mass is 16.5. The Bertz CT molecular complexity index is 657. The molecular weight excluding hydrogens is 304 g/mol. The molecule has 1 unspecified atom stereocenters. The number of aryl methyl sites for hydroxylation is 3. The third kappa shape index (κ3) is 4.41. The van der Waals surface area contributed by atoms with Gasteiger partial charge in [0, 0.05) is 32.7 Å². The normalized spacial score (nSPS) is 18.0. The van der Waals surface area contributed by atoms with E-state index in [4.69, 9.17) is 4.52 Å². The largest absolute Gasteiger partial charge is 0.387 e. The molecule has 0 radical (unpaired) electrons. The second-order valence-corrected chi connectivity index (χ2v) is 6.75. The number of hydrogen-bond acceptors (Lipinski definition) is 6. The molecule has 1 aromatic carbocycles. The molecule has 1 N–H and O–H groups in total. The number of rotatable bonds is 5. The first-order valence-corrected chi connectivity index (χ1v) is 8.50. The minimum absolute atomic E-state index is 0.436. The van der Waals surface area contributed by atoms with E-state index >= 15 is 0 Å². The maximum Gasteiger partial charge on any atom is 0.240 e. The predicted molar refractivity (Wildman–Crippen MR) is 91.6 cm³/mol. The average molecular weight is 330 g/mol. The first-order valence-electron chi connectivity index (χ1n) is 8.50. The second-order valence-electron chi connectivity index (χ2n) is 6.75. The molecule has 1 aromatic heterocycles. The summed E-state index contributed by atoms with van der Waals surface area (Å²) in [5, 5.41) is 14.4. The molecule has 2 heterocycles. The Morgan fingerprint density at radius 3 is 2.25 bits per heavy atom. The lowest BCUT2D eigenvalue weighted by Gasteiger charge is -2.35. The van der Waals surface area contributed by atoms with Crippen molar-refractivity contribution in [3.05, 3.63) is 46.6 Å². The van der Waals surface area contributed by atoms with E-state index in [9.17, 15) is 5.11 Å². The molecule has 0 saturated carbocycles. The monoisotopic (exact) mass is 330 g/mol. The van der Waals surface area contributed by atoms with Crippen LogP contribution < -0.4 is 0 Å². The fraction of sp³-hybridized carbons (Fsp3) is 0.556. The molecule has 0 amide bonds. The van der Waals surface area contributed by atoms with Crippen LogP contribution in [0.3, 0.4) is 0 Å². The molecule has 0 aliphatic carbocycles. The summed E-state index contributed by atoms with van der Waals surface area (Å²) in [4.78, 5) is 8.88. The van der Waals surface area contributed by atoms with Gasteiger partial charge in [0.15, 0.2) is 5.82 Å². The summed E-state index contributed by atoms with van der Waals surface area (Å²) in [5.41, 5.74) is 3.41. The fourth-order valence-electron chi connectivity index (χ4n) is 3.28. The molecule has 3 rings (SSSR count). The number of aliphatic hydroxyl groups is 1. The summed E-state index contributed by atoms with van der Waals surface area (Å²) in [6, 6.07) is 6.28. The highest BCUT2D eigenvalue weighted by Gasteiger charge is 2.21. The smallest absolute Gasteiger partial charge is 0.240 e. The highest BCUT2D eigenvalue weighted by Crippen LogP contribution is 2.19. The van der Waals surface area contributed by atoms with E-state index in [0.717, 1.165) is 31.7 Å². The number of aromatic nitrogens is 2. The van der Waals surface area contributed by atoms with E-state index < -0.39 is 6.10 Å². The maximum absolute atomic E-state index is 10.5. The Hall–Kier alpha value is -1.76. The van der Waals surface area contributed by atoms with E-state index in [-0.39, 0.29) is 0 Å². The van der Waals surface area contributed by atoms with Gasteiger partial charge < -0.3 is 9.63 Å². The van der Waals surface area contributed by atoms with Crippen LogP contribution in [0, 0.1) is 20.8 Å². The van der Waals surface area contributed by atoms with Crippen molar-refractivity contribution in [3.63, 3.8) is 0 Å². The van der Waals surface area contributed by atoms with Crippen molar-refractivity contribution in [3.8, 4) is 0 Å². The van der Waals surface area contributed by atoms with Crippen molar-refractivity contribution in [2.75, 3.05) is 32.7 Å². The Morgan fingerprint density at radius 2 is 1.67 bits per heavy atom. The Kier molecular flexibility index (Phi) is 5.28. The molecule has 1 fully saturated rings. The van der Waals surface area contributed by atoms with Crippen LogP contribution in [0.4, 0.5) is 0 Å². The van der Waals surface area contributed by atoms with Gasteiger partial charge in [0.1, 0.15) is 0 Å². The summed E-state index contributed by atoms with van der Waals surface area (Å²) in [7, 11) is 0. The third-order valence-corrected chi connectivity index (χ3v) is 4.45. The SMILES string of the molecule is Cc1cc(C)cc(C(O)CN2CCN(Cc3nc(C)no3)CC2)c1. The van der Waals surface area contributed by atoms with Gasteiger partial charge in [-0.05, 0) is 26.3 Å². The minimum atomic E-state index is -0.436. The summed E-state index contributed by atoms with van der Waals surface area (Å²) in [5.74, 6) is 1.36. The zero-order valence-corrected chi connectivity index (χ0v) is 14.7. The van der Waals surface area contributed by atoms with Crippen LogP contribution >= 0.6 is 0 Å². The summed E-state index contributed by atoms with van der Waals surface area (Å²) in [6.45, 7) is 11.1. The molecule has 0 spiro atoms. The van der Waals surface area contributed by atoms with Gasteiger partial charge in [-0.3, -0.25) is 9.80 Å². The highest BCUT2D eigenvalue weighted by molar-refractivity contribution is 5.30. The Labute approximate surface area is 143 Å². The predicted octanol–water partition coefficient (Wildman–Crippen LogP) is 1.85. The molecule has 1 aliphatic rings. The lowest BCUT2D eigenvalue weighted by Crippen LogP contribution is -2.47. The van der Waals surface area contributed by atoms with Crippen molar-refractivity contribution >= 4 is 0 Å². The van der Waals surface area contributed by atoms with Crippen LogP contribution in [0.1, 0.15) is 34.5 Å². The van der Waals surface area contributed by atoms with Gasteiger partial charge in [-0.1, -0.05) is 34.5 Å². The topological polar surface area (TPSA) is 65.6 Å². The van der Waals surface area contributed by atoms with Crippen LogP contribution in [0.25, 0.3) is 0 Å². The molecule has 1 aliphatic heterocycles. The van der Waals surface area contributed by atoms with Gasteiger partial charge in [0.25, 0.3) is 0 Å². The summed E-state index contributed by atoms with van der Waals surface area (Å²) in [6.07, 6.45) is -0.436. The lowest BCUT2D eigenvalue weighted by molar-refractivity contribution is 0.0663. The minimum Gasteiger partial charge on any atom is -0.387 e. The molecular formula is C18H26N4O2. The number of nitrogens with zero attached hydrogens (tertiary/aromatic N) is 4. The molecule has 0 bridgehead atoms. The molecule has 1 atom stereocenters. The van der Waals surface area contributed by atoms with Crippen molar-refractivity contribution in [2.24, 2.45) is 0 Å². The van der Waals surface area contributed by atoms with Gasteiger partial charge in [0.05, 0.1) is 12.6 Å². The van der Waals surface area contributed by atoms with Gasteiger partial charge in [0.2, 0.25) is 5.89 Å². The quantitative estimate of drug-likeness (QED) is 0.902. The number of benzene rings is 1. The van der Waals surface area contributed by atoms with Crippen LogP contribution in [0.15, 0.2) is 22.7 Å². The summed E-state index contributed by atoms with van der Waals surface area (Å²) < 4.78 is 5.18. The van der Waals surface area contributed by atoms with Crippen LogP contribution in [0.5, 0.6) is 0 Å². The van der Waals surface area contributed by atoms with Gasteiger partial charge in [-0.2, -0.15) is 4.98 Å². The van der Waals surface area contributed by atoms with E-state index in [1.165, 1.54) is 11.1 Å². The van der Waals surface area contributed by atoms with E-state index in [2.05, 4.69) is 52.0 Å². The number of hydrogen-bond donors (Lipinski definition) is 1. The molecule has 1 saturated heterocycles. The maximum atomic E-state index is 10.5. The molecule has 6 heteroatoms. The number of aliphatic hydroxyl groups excluding tert-OH is 1. The van der Waals surface area contributed by atoms with Crippen LogP contribution in [-0.4, -0.2) is 57.8 Å². The molecule has 6 nitrogen and oxygen atoms in total. The van der Waals surface area contributed by atoms with E-state index in [1.807, 2.05) is 6.92 Å². The van der Waals surface area contributed by atoms with Crippen LogP contribution in [-0.2, 0) is 6.54 Å². The van der Waals surface area contributed by atoms with Gasteiger partial charge in [-0.25, -0.2) is 0 Å². The fourth-order valence-corrected chi connectivity index (χ4v) is 3.28. The first kappa shape index (κ1) is 17.1. The zero-order chi connectivity index (χ0) is 17.1. The lowest BCUT2D eigenvalue weighted by atomic mass is 10.0. The molecule has 2 aromatic rings. The molecule has 130 valence electrons. The average Bonchev–Trinajstić information content (AvgIpc) is 2.93. The van der Waals surface area contributed by atoms with Crippen molar-refractivity contribution in [1.82, 2.24) is 19.9 Å². The number of piperazine rings is 1. The third-order valence-electron chi connectivity index (χ3n) is 4.45. The Morgan fingerprint density at radius 1 is 1.04 bits per heavy atom. The van der Waals surface area contributed by atoms with Crippen molar-refractivity contribution in [2.45, 2.75) is 33.4 Å². The number of β-amino-alcohol motifs (C(OH)–C–C–N with tert-alkyl or cyclic N) is 1. The molecule has 24 heavy (non-hydrogen) atoms. The first-order chi connectivity index (χ1) is 11.5. The van der Waals surface area contributed by atoms with E-state index in [1.54, 1.807) is 0 Å². The standard InChI is InChI=1S/C18H26N4O2/c1-13-8-14(2)10-16(9-13)17(23)11-21-4-6-22(7-5-21)12-18-19-15(3)20-24-18/h8-10,17,23H,4-7,11-12H2,1-3H3. The van der Waals surface area contributed by atoms with Crippen LogP contribution in [0.2, 0.25) is 0 Å². The van der Waals surface area contributed by atoms with E-state index in [0.29, 0.717) is 24.8 Å². The van der Waals surface area contributed by atoms with Crippen molar-refractivity contribution < 1.29 is 9.63 Å². The van der Waals surface area contributed by atoms with Gasteiger partial charge in [-0.15, -0.1) is 0 Å². The Balaban J connectivity index is 1.49. The van der Waals surface area contributed by atoms with Gasteiger partial charge >= 0.3 is 0 Å². The zero-order valence-electron chi connectivity index (χ0n) is 14.7. The summed E-state index contributed by atoms with van der Waals surface area (Å²) >= 11 is 0. The second kappa shape index (κ2) is 7.42.